The molecule has 0 saturated heterocycles. The highest BCUT2D eigenvalue weighted by molar-refractivity contribution is 5.78. The van der Waals surface area contributed by atoms with Crippen LogP contribution in [0.2, 0.25) is 0 Å². The molecule has 3 nitrogen and oxygen atoms in total. The predicted molar refractivity (Wildman–Crippen MR) is 79.1 cm³/mol. The molecule has 2 rings (SSSR count). The van der Waals surface area contributed by atoms with Crippen LogP contribution in [0.15, 0.2) is 0 Å². The van der Waals surface area contributed by atoms with E-state index in [1.54, 1.807) is 0 Å². The number of nitrogens with one attached hydrogen (secondary N) is 1. The molecule has 0 aliphatic heterocycles. The van der Waals surface area contributed by atoms with Crippen LogP contribution in [-0.2, 0) is 4.79 Å². The smallest absolute Gasteiger partial charge is 0.236 e. The molecule has 3 heteroatoms. The standard InChI is InChI=1S/C16H30N2O/c1-3-15(13-8-6-5-7-9-13)17-12-16(19)18(4-2)14-10-11-14/h13-15,17H,3-12H2,1-2H3. The Labute approximate surface area is 118 Å². The van der Waals surface area contributed by atoms with Crippen molar-refractivity contribution in [2.75, 3.05) is 13.1 Å². The van der Waals surface area contributed by atoms with Crippen LogP contribution in [0.1, 0.15) is 65.2 Å². The first-order valence-corrected chi connectivity index (χ1v) is 8.29. The molecular weight excluding hydrogens is 236 g/mol. The van der Waals surface area contributed by atoms with E-state index in [2.05, 4.69) is 24.1 Å². The molecule has 1 unspecified atom stereocenters. The van der Waals surface area contributed by atoms with Crippen molar-refractivity contribution in [3.8, 4) is 0 Å². The zero-order valence-electron chi connectivity index (χ0n) is 12.7. The van der Waals surface area contributed by atoms with E-state index in [1.807, 2.05) is 0 Å². The number of rotatable bonds is 7. The maximum Gasteiger partial charge on any atom is 0.236 e. The minimum absolute atomic E-state index is 0.305. The fraction of sp³-hybridized carbons (Fsp3) is 0.938. The predicted octanol–water partition coefficient (Wildman–Crippen LogP) is 2.95. The molecule has 2 aliphatic rings. The van der Waals surface area contributed by atoms with Crippen LogP contribution in [0, 0.1) is 5.92 Å². The van der Waals surface area contributed by atoms with Crippen molar-refractivity contribution >= 4 is 5.91 Å². The van der Waals surface area contributed by atoms with Crippen LogP contribution in [0.25, 0.3) is 0 Å². The first-order valence-electron chi connectivity index (χ1n) is 8.29. The lowest BCUT2D eigenvalue weighted by Gasteiger charge is -2.31. The van der Waals surface area contributed by atoms with E-state index in [4.69, 9.17) is 0 Å². The summed E-state index contributed by atoms with van der Waals surface area (Å²) in [5.41, 5.74) is 0. The van der Waals surface area contributed by atoms with Gasteiger partial charge in [0.1, 0.15) is 0 Å². The molecule has 2 fully saturated rings. The monoisotopic (exact) mass is 266 g/mol. The lowest BCUT2D eigenvalue weighted by Crippen LogP contribution is -2.45. The van der Waals surface area contributed by atoms with E-state index in [0.717, 1.165) is 18.9 Å². The van der Waals surface area contributed by atoms with Crippen molar-refractivity contribution in [3.63, 3.8) is 0 Å². The molecular formula is C16H30N2O. The highest BCUT2D eigenvalue weighted by atomic mass is 16.2. The average molecular weight is 266 g/mol. The van der Waals surface area contributed by atoms with E-state index in [9.17, 15) is 4.79 Å². The minimum Gasteiger partial charge on any atom is -0.339 e. The average Bonchev–Trinajstić information content (AvgIpc) is 3.26. The quantitative estimate of drug-likeness (QED) is 0.768. The highest BCUT2D eigenvalue weighted by Gasteiger charge is 2.31. The molecule has 1 atom stereocenters. The van der Waals surface area contributed by atoms with Crippen molar-refractivity contribution in [2.24, 2.45) is 5.92 Å². The van der Waals surface area contributed by atoms with Crippen molar-refractivity contribution in [3.05, 3.63) is 0 Å². The number of hydrogen-bond donors (Lipinski definition) is 1. The van der Waals surface area contributed by atoms with Gasteiger partial charge < -0.3 is 10.2 Å². The number of amides is 1. The van der Waals surface area contributed by atoms with Crippen LogP contribution >= 0.6 is 0 Å². The number of carbonyl (C=O) groups is 1. The Hall–Kier alpha value is -0.570. The Kier molecular flexibility index (Phi) is 5.68. The van der Waals surface area contributed by atoms with Crippen molar-refractivity contribution in [1.29, 1.82) is 0 Å². The Morgan fingerprint density at radius 1 is 1.16 bits per heavy atom. The van der Waals surface area contributed by atoms with E-state index >= 15 is 0 Å². The number of carbonyl (C=O) groups excluding carboxylic acids is 1. The van der Waals surface area contributed by atoms with Gasteiger partial charge in [-0.25, -0.2) is 0 Å². The van der Waals surface area contributed by atoms with Gasteiger partial charge in [0.05, 0.1) is 6.54 Å². The Morgan fingerprint density at radius 2 is 1.84 bits per heavy atom. The molecule has 2 saturated carbocycles. The summed E-state index contributed by atoms with van der Waals surface area (Å²) in [6.45, 7) is 5.74. The lowest BCUT2D eigenvalue weighted by atomic mass is 9.83. The molecule has 1 N–H and O–H groups in total. The summed E-state index contributed by atoms with van der Waals surface area (Å²) in [6.07, 6.45) is 10.4. The second-order valence-corrected chi connectivity index (χ2v) is 6.20. The van der Waals surface area contributed by atoms with Gasteiger partial charge in [-0.2, -0.15) is 0 Å². The van der Waals surface area contributed by atoms with Crippen molar-refractivity contribution in [2.45, 2.75) is 77.3 Å². The number of nitrogens with zero attached hydrogens (tertiary/aromatic N) is 1. The van der Waals surface area contributed by atoms with E-state index in [1.165, 1.54) is 44.9 Å². The molecule has 19 heavy (non-hydrogen) atoms. The van der Waals surface area contributed by atoms with E-state index in [-0.39, 0.29) is 0 Å². The topological polar surface area (TPSA) is 32.3 Å². The summed E-state index contributed by atoms with van der Waals surface area (Å²) in [5, 5.41) is 3.55. The Balaban J connectivity index is 1.76. The number of likely N-dealkylation sites (N-methyl/N-ethyl adjacent to an activating group) is 1. The summed E-state index contributed by atoms with van der Waals surface area (Å²) in [5.74, 6) is 1.10. The number of hydrogen-bond acceptors (Lipinski definition) is 2. The van der Waals surface area contributed by atoms with Crippen LogP contribution in [-0.4, -0.2) is 36.0 Å². The van der Waals surface area contributed by atoms with Crippen molar-refractivity contribution < 1.29 is 4.79 Å². The zero-order chi connectivity index (χ0) is 13.7. The summed E-state index contributed by atoms with van der Waals surface area (Å²) < 4.78 is 0. The molecule has 0 radical (unpaired) electrons. The van der Waals surface area contributed by atoms with Gasteiger partial charge in [-0.3, -0.25) is 4.79 Å². The van der Waals surface area contributed by atoms with E-state index in [0.29, 0.717) is 24.5 Å². The van der Waals surface area contributed by atoms with Gasteiger partial charge in [-0.1, -0.05) is 26.2 Å². The molecule has 110 valence electrons. The van der Waals surface area contributed by atoms with Gasteiger partial charge in [0.15, 0.2) is 0 Å². The summed E-state index contributed by atoms with van der Waals surface area (Å²) in [7, 11) is 0. The molecule has 0 heterocycles. The minimum atomic E-state index is 0.305. The van der Waals surface area contributed by atoms with Crippen LogP contribution in [0.3, 0.4) is 0 Å². The summed E-state index contributed by atoms with van der Waals surface area (Å²) in [6, 6.07) is 1.09. The molecule has 0 aromatic heterocycles. The first kappa shape index (κ1) is 14.8. The normalized spacial score (nSPS) is 22.2. The fourth-order valence-corrected chi connectivity index (χ4v) is 3.53. The lowest BCUT2D eigenvalue weighted by molar-refractivity contribution is -0.130. The van der Waals surface area contributed by atoms with Gasteiger partial charge in [-0.05, 0) is 44.9 Å². The second-order valence-electron chi connectivity index (χ2n) is 6.20. The van der Waals surface area contributed by atoms with Gasteiger partial charge in [0.2, 0.25) is 5.91 Å². The van der Waals surface area contributed by atoms with Crippen LogP contribution < -0.4 is 5.32 Å². The third kappa shape index (κ3) is 4.20. The zero-order valence-corrected chi connectivity index (χ0v) is 12.7. The maximum atomic E-state index is 12.2. The Morgan fingerprint density at radius 3 is 2.37 bits per heavy atom. The molecule has 0 aromatic carbocycles. The first-order chi connectivity index (χ1) is 9.26. The molecule has 0 spiro atoms. The van der Waals surface area contributed by atoms with Gasteiger partial charge in [-0.15, -0.1) is 0 Å². The maximum absolute atomic E-state index is 12.2. The summed E-state index contributed by atoms with van der Waals surface area (Å²) >= 11 is 0. The van der Waals surface area contributed by atoms with E-state index < -0.39 is 0 Å². The third-order valence-electron chi connectivity index (χ3n) is 4.82. The van der Waals surface area contributed by atoms with Gasteiger partial charge >= 0.3 is 0 Å². The molecule has 1 amide bonds. The van der Waals surface area contributed by atoms with Gasteiger partial charge in [0.25, 0.3) is 0 Å². The van der Waals surface area contributed by atoms with Crippen LogP contribution in [0.4, 0.5) is 0 Å². The van der Waals surface area contributed by atoms with Crippen LogP contribution in [0.5, 0.6) is 0 Å². The van der Waals surface area contributed by atoms with Crippen molar-refractivity contribution in [1.82, 2.24) is 10.2 Å². The Bertz CT molecular complexity index is 282. The fourth-order valence-electron chi connectivity index (χ4n) is 3.53. The molecule has 2 aliphatic carbocycles. The molecule has 0 bridgehead atoms. The highest BCUT2D eigenvalue weighted by Crippen LogP contribution is 2.28. The van der Waals surface area contributed by atoms with Gasteiger partial charge in [0, 0.05) is 18.6 Å². The third-order valence-corrected chi connectivity index (χ3v) is 4.82. The molecule has 0 aromatic rings. The largest absolute Gasteiger partial charge is 0.339 e. The SMILES string of the molecule is CCC(NCC(=O)N(CC)C1CC1)C1CCCCC1. The second kappa shape index (κ2) is 7.28. The summed E-state index contributed by atoms with van der Waals surface area (Å²) in [4.78, 5) is 14.3.